The molecule has 8 heteroatoms. The molecule has 0 atom stereocenters. The zero-order valence-electron chi connectivity index (χ0n) is 16.3. The predicted molar refractivity (Wildman–Crippen MR) is 112 cm³/mol. The Bertz CT molecular complexity index is 1010. The summed E-state index contributed by atoms with van der Waals surface area (Å²) in [4.78, 5) is 15.3. The Kier molecular flexibility index (Phi) is 5.58. The van der Waals surface area contributed by atoms with E-state index in [4.69, 9.17) is 4.74 Å². The fourth-order valence-electron chi connectivity index (χ4n) is 3.35. The fraction of sp³-hybridized carbons (Fsp3) is 0.381. The van der Waals surface area contributed by atoms with E-state index in [1.165, 1.54) is 6.07 Å². The van der Waals surface area contributed by atoms with Gasteiger partial charge < -0.3 is 15.0 Å². The third-order valence-electron chi connectivity index (χ3n) is 5.17. The summed E-state index contributed by atoms with van der Waals surface area (Å²) in [5.41, 5.74) is 2.70. The van der Waals surface area contributed by atoms with Crippen LogP contribution in [0.1, 0.15) is 28.8 Å². The number of nitrogens with zero attached hydrogens (tertiary/aromatic N) is 1. The molecule has 154 valence electrons. The van der Waals surface area contributed by atoms with Gasteiger partial charge in [0, 0.05) is 24.7 Å². The summed E-state index contributed by atoms with van der Waals surface area (Å²) in [7, 11) is -3.62. The smallest absolute Gasteiger partial charge is 0.256 e. The zero-order chi connectivity index (χ0) is 20.4. The average Bonchev–Trinajstić information content (AvgIpc) is 3.52. The van der Waals surface area contributed by atoms with Crippen LogP contribution < -0.4 is 14.9 Å². The van der Waals surface area contributed by atoms with Gasteiger partial charge in [0.25, 0.3) is 5.91 Å². The first kappa shape index (κ1) is 19.9. The molecule has 2 aromatic rings. The van der Waals surface area contributed by atoms with E-state index in [0.29, 0.717) is 24.5 Å². The Hall–Kier alpha value is -2.42. The summed E-state index contributed by atoms with van der Waals surface area (Å²) in [5.74, 6) is -0.327. The van der Waals surface area contributed by atoms with Crippen LogP contribution in [0.15, 0.2) is 47.4 Å². The Morgan fingerprint density at radius 2 is 1.83 bits per heavy atom. The third kappa shape index (κ3) is 4.60. The summed E-state index contributed by atoms with van der Waals surface area (Å²) in [6.07, 6.45) is 1.72. The van der Waals surface area contributed by atoms with E-state index < -0.39 is 10.0 Å². The summed E-state index contributed by atoms with van der Waals surface area (Å²) >= 11 is 0. The fourth-order valence-corrected chi connectivity index (χ4v) is 4.68. The molecule has 0 bridgehead atoms. The molecule has 0 radical (unpaired) electrons. The highest BCUT2D eigenvalue weighted by Gasteiger charge is 2.28. The topological polar surface area (TPSA) is 87.7 Å². The second-order valence-electron chi connectivity index (χ2n) is 7.44. The lowest BCUT2D eigenvalue weighted by molar-refractivity contribution is 0.102. The number of aryl methyl sites for hydroxylation is 1. The first-order valence-corrected chi connectivity index (χ1v) is 11.3. The minimum absolute atomic E-state index is 0.0129. The molecule has 0 aromatic heterocycles. The molecule has 2 aliphatic rings. The van der Waals surface area contributed by atoms with Crippen LogP contribution in [0.2, 0.25) is 0 Å². The molecule has 1 aliphatic heterocycles. The highest BCUT2D eigenvalue weighted by molar-refractivity contribution is 7.89. The van der Waals surface area contributed by atoms with E-state index in [2.05, 4.69) is 14.9 Å². The lowest BCUT2D eigenvalue weighted by Crippen LogP contribution is -2.36. The molecule has 2 N–H and O–H groups in total. The van der Waals surface area contributed by atoms with Crippen LogP contribution in [0.3, 0.4) is 0 Å². The van der Waals surface area contributed by atoms with E-state index in [9.17, 15) is 13.2 Å². The average molecular weight is 416 g/mol. The maximum atomic E-state index is 13.0. The number of carbonyl (C=O) groups is 1. The van der Waals surface area contributed by atoms with Crippen molar-refractivity contribution in [1.82, 2.24) is 4.72 Å². The van der Waals surface area contributed by atoms with E-state index >= 15 is 0 Å². The Morgan fingerprint density at radius 1 is 1.10 bits per heavy atom. The summed E-state index contributed by atoms with van der Waals surface area (Å²) in [6, 6.07) is 12.3. The summed E-state index contributed by atoms with van der Waals surface area (Å²) in [5, 5.41) is 2.96. The third-order valence-corrected chi connectivity index (χ3v) is 6.69. The van der Waals surface area contributed by atoms with Gasteiger partial charge in [0.1, 0.15) is 0 Å². The van der Waals surface area contributed by atoms with E-state index in [1.54, 1.807) is 19.1 Å². The molecule has 0 spiro atoms. The largest absolute Gasteiger partial charge is 0.378 e. The van der Waals surface area contributed by atoms with Crippen molar-refractivity contribution < 1.29 is 17.9 Å². The number of carbonyl (C=O) groups excluding carboxylic acids is 1. The van der Waals surface area contributed by atoms with Crippen LogP contribution in [0.5, 0.6) is 0 Å². The Morgan fingerprint density at radius 3 is 2.55 bits per heavy atom. The molecule has 1 saturated carbocycles. The summed E-state index contributed by atoms with van der Waals surface area (Å²) in [6.45, 7) is 4.61. The number of sulfonamides is 1. The van der Waals surface area contributed by atoms with Gasteiger partial charge in [0.05, 0.1) is 29.5 Å². The maximum Gasteiger partial charge on any atom is 0.256 e. The zero-order valence-corrected chi connectivity index (χ0v) is 17.2. The lowest BCUT2D eigenvalue weighted by Gasteiger charge is -2.30. The van der Waals surface area contributed by atoms with E-state index in [1.807, 2.05) is 24.3 Å². The molecule has 2 fully saturated rings. The molecule has 1 amide bonds. The van der Waals surface area contributed by atoms with Crippen LogP contribution in [0.25, 0.3) is 0 Å². The second kappa shape index (κ2) is 8.14. The van der Waals surface area contributed by atoms with Gasteiger partial charge in [-0.2, -0.15) is 0 Å². The first-order chi connectivity index (χ1) is 13.9. The molecule has 1 heterocycles. The summed E-state index contributed by atoms with van der Waals surface area (Å²) < 4.78 is 33.1. The number of amides is 1. The maximum absolute atomic E-state index is 13.0. The van der Waals surface area contributed by atoms with Crippen LogP contribution >= 0.6 is 0 Å². The van der Waals surface area contributed by atoms with Gasteiger partial charge in [-0.1, -0.05) is 18.2 Å². The number of hydrogen-bond donors (Lipinski definition) is 2. The highest BCUT2D eigenvalue weighted by Crippen LogP contribution is 2.28. The van der Waals surface area contributed by atoms with Gasteiger partial charge in [-0.15, -0.1) is 0 Å². The van der Waals surface area contributed by atoms with Crippen molar-refractivity contribution in [2.75, 3.05) is 36.5 Å². The molecule has 0 unspecified atom stereocenters. The minimum Gasteiger partial charge on any atom is -0.378 e. The number of anilines is 2. The number of para-hydroxylation sites is 2. The molecule has 1 aliphatic carbocycles. The van der Waals surface area contributed by atoms with Crippen molar-refractivity contribution in [2.24, 2.45) is 0 Å². The van der Waals surface area contributed by atoms with Crippen LogP contribution in [-0.2, 0) is 14.8 Å². The lowest BCUT2D eigenvalue weighted by atomic mass is 10.1. The second-order valence-corrected chi connectivity index (χ2v) is 9.16. The van der Waals surface area contributed by atoms with E-state index in [0.717, 1.165) is 37.2 Å². The molecule has 4 rings (SSSR count). The molecule has 29 heavy (non-hydrogen) atoms. The predicted octanol–water partition coefficient (Wildman–Crippen LogP) is 2.52. The molecular formula is C21H25N3O4S. The van der Waals surface area contributed by atoms with Gasteiger partial charge >= 0.3 is 0 Å². The molecule has 2 aromatic carbocycles. The first-order valence-electron chi connectivity index (χ1n) is 9.80. The number of morpholine rings is 1. The van der Waals surface area contributed by atoms with Crippen molar-refractivity contribution in [1.29, 1.82) is 0 Å². The normalized spacial score (nSPS) is 17.2. The standard InChI is InChI=1S/C21H25N3O4S/c1-15-6-9-17(29(26,27)23-16-7-8-16)14-18(15)21(25)22-19-4-2-3-5-20(19)24-10-12-28-13-11-24/h2-6,9,14,16,23H,7-8,10-13H2,1H3,(H,22,25). The van der Waals surface area contributed by atoms with Crippen molar-refractivity contribution >= 4 is 27.3 Å². The van der Waals surface area contributed by atoms with Crippen molar-refractivity contribution in [3.05, 3.63) is 53.6 Å². The number of benzene rings is 2. The quantitative estimate of drug-likeness (QED) is 0.757. The minimum atomic E-state index is -3.62. The van der Waals surface area contributed by atoms with Crippen molar-refractivity contribution in [3.63, 3.8) is 0 Å². The Labute approximate surface area is 171 Å². The van der Waals surface area contributed by atoms with Crippen molar-refractivity contribution in [3.8, 4) is 0 Å². The van der Waals surface area contributed by atoms with Gasteiger partial charge in [-0.05, 0) is 49.6 Å². The molecule has 7 nitrogen and oxygen atoms in total. The van der Waals surface area contributed by atoms with Gasteiger partial charge in [-0.3, -0.25) is 4.79 Å². The SMILES string of the molecule is Cc1ccc(S(=O)(=O)NC2CC2)cc1C(=O)Nc1ccccc1N1CCOCC1. The van der Waals surface area contributed by atoms with Crippen LogP contribution in [0.4, 0.5) is 11.4 Å². The van der Waals surface area contributed by atoms with Crippen molar-refractivity contribution in [2.45, 2.75) is 30.7 Å². The molecular weight excluding hydrogens is 390 g/mol. The number of rotatable bonds is 6. The van der Waals surface area contributed by atoms with Crippen LogP contribution in [0, 0.1) is 6.92 Å². The van der Waals surface area contributed by atoms with Gasteiger partial charge in [-0.25, -0.2) is 13.1 Å². The van der Waals surface area contributed by atoms with E-state index in [-0.39, 0.29) is 16.8 Å². The highest BCUT2D eigenvalue weighted by atomic mass is 32.2. The monoisotopic (exact) mass is 415 g/mol. The van der Waals surface area contributed by atoms with Gasteiger partial charge in [0.15, 0.2) is 0 Å². The number of nitrogens with one attached hydrogen (secondary N) is 2. The number of hydrogen-bond acceptors (Lipinski definition) is 5. The van der Waals surface area contributed by atoms with Crippen LogP contribution in [-0.4, -0.2) is 46.7 Å². The van der Waals surface area contributed by atoms with Gasteiger partial charge in [0.2, 0.25) is 10.0 Å². The molecule has 1 saturated heterocycles. The Balaban J connectivity index is 1.58. The number of ether oxygens (including phenoxy) is 1.